The second-order valence-corrected chi connectivity index (χ2v) is 6.62. The van der Waals surface area contributed by atoms with Gasteiger partial charge < -0.3 is 10.2 Å². The number of hydrogen-bond donors (Lipinski definition) is 1. The quantitative estimate of drug-likeness (QED) is 0.701. The van der Waals surface area contributed by atoms with Gasteiger partial charge in [0, 0.05) is 42.9 Å². The van der Waals surface area contributed by atoms with Crippen molar-refractivity contribution in [3.8, 4) is 0 Å². The monoisotopic (exact) mass is 381 g/mol. The van der Waals surface area contributed by atoms with Crippen LogP contribution in [0, 0.1) is 6.92 Å². The molecule has 6 nitrogen and oxygen atoms in total. The first-order valence-corrected chi connectivity index (χ1v) is 8.91. The van der Waals surface area contributed by atoms with Crippen LogP contribution in [0.1, 0.15) is 21.6 Å². The highest BCUT2D eigenvalue weighted by Crippen LogP contribution is 2.22. The van der Waals surface area contributed by atoms with E-state index in [0.29, 0.717) is 23.2 Å². The van der Waals surface area contributed by atoms with Crippen molar-refractivity contribution < 1.29 is 4.79 Å². The van der Waals surface area contributed by atoms with Crippen molar-refractivity contribution >= 4 is 29.1 Å². The molecule has 0 aliphatic carbocycles. The largest absolute Gasteiger partial charge is 0.340 e. The molecule has 27 heavy (non-hydrogen) atoms. The maximum Gasteiger partial charge on any atom is 0.272 e. The third kappa shape index (κ3) is 5.01. The average Bonchev–Trinajstić information content (AvgIpc) is 2.69. The average molecular weight is 382 g/mol. The minimum atomic E-state index is -0.151. The molecule has 138 valence electrons. The minimum absolute atomic E-state index is 0.151. The van der Waals surface area contributed by atoms with Gasteiger partial charge in [-0.15, -0.1) is 0 Å². The Labute approximate surface area is 163 Å². The third-order valence-electron chi connectivity index (χ3n) is 4.14. The molecule has 1 aromatic carbocycles. The van der Waals surface area contributed by atoms with Gasteiger partial charge >= 0.3 is 0 Å². The maximum atomic E-state index is 12.7. The van der Waals surface area contributed by atoms with E-state index in [9.17, 15) is 4.79 Å². The van der Waals surface area contributed by atoms with Crippen LogP contribution in [0.15, 0.2) is 55.0 Å². The Balaban J connectivity index is 1.67. The molecule has 3 rings (SSSR count). The molecular formula is C20H20ClN5O. The number of halogens is 1. The summed E-state index contributed by atoms with van der Waals surface area (Å²) in [6.45, 7) is 2.53. The Morgan fingerprint density at radius 3 is 2.67 bits per heavy atom. The number of nitrogens with zero attached hydrogens (tertiary/aromatic N) is 4. The SMILES string of the molecule is Cc1cc(Cl)ccc1Nc1nccc(C(=O)N(C)CCc2ccncc2)n1. The van der Waals surface area contributed by atoms with Gasteiger partial charge in [0.15, 0.2) is 0 Å². The lowest BCUT2D eigenvalue weighted by atomic mass is 10.2. The van der Waals surface area contributed by atoms with E-state index in [1.165, 1.54) is 0 Å². The molecule has 2 heterocycles. The van der Waals surface area contributed by atoms with Crippen LogP contribution >= 0.6 is 11.6 Å². The highest BCUT2D eigenvalue weighted by Gasteiger charge is 2.14. The summed E-state index contributed by atoms with van der Waals surface area (Å²) in [5.41, 5.74) is 3.29. The molecule has 0 bridgehead atoms. The molecule has 0 saturated carbocycles. The molecule has 3 aromatic rings. The van der Waals surface area contributed by atoms with Crippen molar-refractivity contribution in [2.75, 3.05) is 18.9 Å². The van der Waals surface area contributed by atoms with Gasteiger partial charge in [0.05, 0.1) is 0 Å². The fourth-order valence-corrected chi connectivity index (χ4v) is 2.80. The van der Waals surface area contributed by atoms with Crippen LogP contribution in [0.4, 0.5) is 11.6 Å². The van der Waals surface area contributed by atoms with Gasteiger partial charge in [0.2, 0.25) is 5.95 Å². The van der Waals surface area contributed by atoms with E-state index in [1.54, 1.807) is 42.7 Å². The smallest absolute Gasteiger partial charge is 0.272 e. The highest BCUT2D eigenvalue weighted by atomic mass is 35.5. The zero-order valence-electron chi connectivity index (χ0n) is 15.2. The number of aromatic nitrogens is 3. The van der Waals surface area contributed by atoms with Gasteiger partial charge in [-0.05, 0) is 60.9 Å². The first kappa shape index (κ1) is 18.8. The van der Waals surface area contributed by atoms with Gasteiger partial charge in [-0.25, -0.2) is 9.97 Å². The summed E-state index contributed by atoms with van der Waals surface area (Å²) in [4.78, 5) is 26.9. The van der Waals surface area contributed by atoms with Crippen LogP contribution < -0.4 is 5.32 Å². The number of nitrogens with one attached hydrogen (secondary N) is 1. The number of pyridine rings is 1. The van der Waals surface area contributed by atoms with Crippen LogP contribution in [0.3, 0.4) is 0 Å². The van der Waals surface area contributed by atoms with Crippen molar-refractivity contribution in [3.63, 3.8) is 0 Å². The number of rotatable bonds is 6. The number of hydrogen-bond acceptors (Lipinski definition) is 5. The summed E-state index contributed by atoms with van der Waals surface area (Å²) in [6.07, 6.45) is 5.83. The summed E-state index contributed by atoms with van der Waals surface area (Å²) in [5.74, 6) is 0.219. The molecule has 1 amide bonds. The van der Waals surface area contributed by atoms with Crippen LogP contribution in [-0.2, 0) is 6.42 Å². The second-order valence-electron chi connectivity index (χ2n) is 6.18. The van der Waals surface area contributed by atoms with Crippen LogP contribution in [0.5, 0.6) is 0 Å². The van der Waals surface area contributed by atoms with Crippen molar-refractivity contribution in [2.24, 2.45) is 0 Å². The maximum absolute atomic E-state index is 12.7. The topological polar surface area (TPSA) is 71.0 Å². The molecule has 0 saturated heterocycles. The Morgan fingerprint density at radius 2 is 1.93 bits per heavy atom. The fraction of sp³-hybridized carbons (Fsp3) is 0.200. The second kappa shape index (κ2) is 8.60. The number of benzene rings is 1. The van der Waals surface area contributed by atoms with Crippen LogP contribution in [0.25, 0.3) is 0 Å². The number of likely N-dealkylation sites (N-methyl/N-ethyl adjacent to an activating group) is 1. The predicted octanol–water partition coefficient (Wildman–Crippen LogP) is 3.89. The first-order chi connectivity index (χ1) is 13.0. The molecule has 0 fully saturated rings. The lowest BCUT2D eigenvalue weighted by molar-refractivity contribution is 0.0791. The fourth-order valence-electron chi connectivity index (χ4n) is 2.57. The molecule has 2 aromatic heterocycles. The molecule has 7 heteroatoms. The van der Waals surface area contributed by atoms with E-state index < -0.39 is 0 Å². The van der Waals surface area contributed by atoms with Crippen LogP contribution in [0.2, 0.25) is 5.02 Å². The summed E-state index contributed by atoms with van der Waals surface area (Å²) in [6, 6.07) is 11.0. The Bertz CT molecular complexity index is 933. The summed E-state index contributed by atoms with van der Waals surface area (Å²) in [5, 5.41) is 3.80. The van der Waals surface area contributed by atoms with E-state index in [1.807, 2.05) is 31.2 Å². The highest BCUT2D eigenvalue weighted by molar-refractivity contribution is 6.30. The lowest BCUT2D eigenvalue weighted by Gasteiger charge is -2.17. The summed E-state index contributed by atoms with van der Waals surface area (Å²) in [7, 11) is 1.77. The van der Waals surface area contributed by atoms with Gasteiger partial charge in [-0.3, -0.25) is 9.78 Å². The van der Waals surface area contributed by atoms with Crippen molar-refractivity contribution in [2.45, 2.75) is 13.3 Å². The van der Waals surface area contributed by atoms with E-state index in [0.717, 1.165) is 23.2 Å². The van der Waals surface area contributed by atoms with E-state index in [4.69, 9.17) is 11.6 Å². The number of amides is 1. The molecule has 0 atom stereocenters. The van der Waals surface area contributed by atoms with Gasteiger partial charge in [0.1, 0.15) is 5.69 Å². The number of carbonyl (C=O) groups is 1. The molecule has 1 N–H and O–H groups in total. The molecule has 0 aliphatic rings. The van der Waals surface area contributed by atoms with E-state index >= 15 is 0 Å². The number of carbonyl (C=O) groups excluding carboxylic acids is 1. The lowest BCUT2D eigenvalue weighted by Crippen LogP contribution is -2.29. The van der Waals surface area contributed by atoms with E-state index in [-0.39, 0.29) is 5.91 Å². The normalized spacial score (nSPS) is 10.5. The number of aryl methyl sites for hydroxylation is 1. The van der Waals surface area contributed by atoms with Gasteiger partial charge in [-0.1, -0.05) is 11.6 Å². The van der Waals surface area contributed by atoms with Gasteiger partial charge in [0.25, 0.3) is 5.91 Å². The van der Waals surface area contributed by atoms with Crippen LogP contribution in [-0.4, -0.2) is 39.4 Å². The van der Waals surface area contributed by atoms with E-state index in [2.05, 4.69) is 20.3 Å². The standard InChI is InChI=1S/C20H20ClN5O/c1-14-13-16(21)3-4-17(14)24-20-23-11-7-18(25-20)19(27)26(2)12-8-15-5-9-22-10-6-15/h3-7,9-11,13H,8,12H2,1-2H3,(H,23,24,25). The molecule has 0 spiro atoms. The first-order valence-electron chi connectivity index (χ1n) is 8.53. The molecule has 0 radical (unpaired) electrons. The minimum Gasteiger partial charge on any atom is -0.340 e. The molecular weight excluding hydrogens is 362 g/mol. The molecule has 0 unspecified atom stereocenters. The zero-order valence-corrected chi connectivity index (χ0v) is 15.9. The Morgan fingerprint density at radius 1 is 1.15 bits per heavy atom. The Kier molecular flexibility index (Phi) is 5.98. The van der Waals surface area contributed by atoms with Gasteiger partial charge in [-0.2, -0.15) is 0 Å². The predicted molar refractivity (Wildman–Crippen MR) is 106 cm³/mol. The van der Waals surface area contributed by atoms with Crippen molar-refractivity contribution in [1.29, 1.82) is 0 Å². The third-order valence-corrected chi connectivity index (χ3v) is 4.38. The summed E-state index contributed by atoms with van der Waals surface area (Å²) < 4.78 is 0. The van der Waals surface area contributed by atoms with Crippen molar-refractivity contribution in [1.82, 2.24) is 19.9 Å². The van der Waals surface area contributed by atoms with Crippen molar-refractivity contribution in [3.05, 3.63) is 76.8 Å². The number of anilines is 2. The summed E-state index contributed by atoms with van der Waals surface area (Å²) >= 11 is 5.98. The Hall–Kier alpha value is -2.99. The zero-order chi connectivity index (χ0) is 19.2. The molecule has 0 aliphatic heterocycles.